The van der Waals surface area contributed by atoms with Gasteiger partial charge in [0.15, 0.2) is 0 Å². The molecule has 0 bridgehead atoms. The average molecular weight is 187 g/mol. The zero-order chi connectivity index (χ0) is 10.1. The maximum absolute atomic E-state index is 5.41. The van der Waals surface area contributed by atoms with Gasteiger partial charge in [-0.05, 0) is 18.9 Å². The monoisotopic (exact) mass is 187 g/mol. The molecule has 0 unspecified atom stereocenters. The van der Waals surface area contributed by atoms with E-state index in [0.717, 1.165) is 30.4 Å². The Bertz CT molecular complexity index is 420. The number of terminal acetylenes is 1. The molecule has 0 fully saturated rings. The van der Waals surface area contributed by atoms with Crippen molar-refractivity contribution in [2.24, 2.45) is 0 Å². The third-order valence-electron chi connectivity index (χ3n) is 2.45. The van der Waals surface area contributed by atoms with Gasteiger partial charge in [0.2, 0.25) is 5.95 Å². The van der Waals surface area contributed by atoms with E-state index >= 15 is 0 Å². The van der Waals surface area contributed by atoms with Gasteiger partial charge in [-0.2, -0.15) is 0 Å². The summed E-state index contributed by atoms with van der Waals surface area (Å²) >= 11 is 0. The Hall–Kier alpha value is -1.69. The van der Waals surface area contributed by atoms with Crippen molar-refractivity contribution in [3.05, 3.63) is 17.5 Å². The maximum atomic E-state index is 5.41. The number of aromatic nitrogens is 2. The fraction of sp³-hybridized carbons (Fsp3) is 0.364. The van der Waals surface area contributed by atoms with E-state index in [4.69, 9.17) is 6.42 Å². The van der Waals surface area contributed by atoms with Crippen LogP contribution < -0.4 is 4.90 Å². The maximum Gasteiger partial charge on any atom is 0.207 e. The van der Waals surface area contributed by atoms with E-state index in [1.165, 1.54) is 0 Å². The van der Waals surface area contributed by atoms with Crippen molar-refractivity contribution in [1.82, 2.24) is 9.55 Å². The summed E-state index contributed by atoms with van der Waals surface area (Å²) < 4.78 is 2.16. The summed E-state index contributed by atoms with van der Waals surface area (Å²) in [6.07, 6.45) is 9.42. The second-order valence-electron chi connectivity index (χ2n) is 3.36. The first-order chi connectivity index (χ1) is 6.77. The van der Waals surface area contributed by atoms with Crippen molar-refractivity contribution >= 4 is 12.0 Å². The summed E-state index contributed by atoms with van der Waals surface area (Å²) in [5.74, 6) is 3.60. The molecule has 3 heteroatoms. The highest BCUT2D eigenvalue weighted by atomic mass is 15.4. The summed E-state index contributed by atoms with van der Waals surface area (Å²) in [4.78, 5) is 6.53. The minimum absolute atomic E-state index is 0.740. The molecular weight excluding hydrogens is 174 g/mol. The molecule has 0 spiro atoms. The first-order valence-corrected chi connectivity index (χ1v) is 4.69. The van der Waals surface area contributed by atoms with Crippen LogP contribution >= 0.6 is 0 Å². The third kappa shape index (κ3) is 1.12. The smallest absolute Gasteiger partial charge is 0.207 e. The minimum Gasteiger partial charge on any atom is -0.343 e. The van der Waals surface area contributed by atoms with Gasteiger partial charge < -0.3 is 9.47 Å². The van der Waals surface area contributed by atoms with Crippen LogP contribution in [0, 0.1) is 12.3 Å². The van der Waals surface area contributed by atoms with E-state index in [-0.39, 0.29) is 0 Å². The Morgan fingerprint density at radius 1 is 1.50 bits per heavy atom. The molecule has 72 valence electrons. The van der Waals surface area contributed by atoms with Crippen LogP contribution in [-0.4, -0.2) is 23.1 Å². The van der Waals surface area contributed by atoms with E-state index in [2.05, 4.69) is 20.4 Å². The molecule has 0 amide bonds. The van der Waals surface area contributed by atoms with Crippen molar-refractivity contribution in [3.63, 3.8) is 0 Å². The lowest BCUT2D eigenvalue weighted by Crippen LogP contribution is -2.13. The molecule has 2 heterocycles. The molecule has 1 aliphatic rings. The highest BCUT2D eigenvalue weighted by molar-refractivity contribution is 5.58. The average Bonchev–Trinajstić information content (AvgIpc) is 2.69. The number of likely N-dealkylation sites (N-methyl/N-ethyl adjacent to an activating group) is 1. The molecule has 0 radical (unpaired) electrons. The topological polar surface area (TPSA) is 21.1 Å². The second kappa shape index (κ2) is 3.22. The van der Waals surface area contributed by atoms with Gasteiger partial charge in [-0.25, -0.2) is 4.98 Å². The lowest BCUT2D eigenvalue weighted by Gasteiger charge is -2.05. The summed E-state index contributed by atoms with van der Waals surface area (Å²) in [5, 5.41) is 0. The molecule has 0 N–H and O–H groups in total. The van der Waals surface area contributed by atoms with Crippen LogP contribution in [0.1, 0.15) is 18.3 Å². The van der Waals surface area contributed by atoms with E-state index in [1.807, 2.05) is 26.1 Å². The number of hydrogen-bond acceptors (Lipinski definition) is 2. The molecule has 0 atom stereocenters. The van der Waals surface area contributed by atoms with Crippen LogP contribution in [0.3, 0.4) is 0 Å². The number of imidazole rings is 1. The van der Waals surface area contributed by atoms with Crippen LogP contribution in [-0.2, 0) is 6.54 Å². The molecule has 0 aromatic carbocycles. The largest absolute Gasteiger partial charge is 0.343 e. The van der Waals surface area contributed by atoms with E-state index in [1.54, 1.807) is 0 Å². The van der Waals surface area contributed by atoms with Gasteiger partial charge in [-0.3, -0.25) is 0 Å². The summed E-state index contributed by atoms with van der Waals surface area (Å²) in [6.45, 7) is 3.97. The van der Waals surface area contributed by atoms with Gasteiger partial charge >= 0.3 is 0 Å². The fourth-order valence-electron chi connectivity index (χ4n) is 1.75. The second-order valence-corrected chi connectivity index (χ2v) is 3.36. The number of fused-ring (bicyclic) bond motifs is 1. The van der Waals surface area contributed by atoms with E-state index in [9.17, 15) is 0 Å². The standard InChI is InChI=1S/C11H13N3/c1-4-6-10-9(5-2)12-11-13(3)7-8-14(10)11/h2,4,6H,7-8H2,1,3H3/b6-4-. The number of anilines is 1. The van der Waals surface area contributed by atoms with Gasteiger partial charge in [0.05, 0.1) is 5.69 Å². The minimum atomic E-state index is 0.740. The van der Waals surface area contributed by atoms with Gasteiger partial charge in [-0.15, -0.1) is 6.42 Å². The highest BCUT2D eigenvalue weighted by Crippen LogP contribution is 2.24. The van der Waals surface area contributed by atoms with Gasteiger partial charge in [-0.1, -0.05) is 6.08 Å². The molecule has 1 aromatic heterocycles. The van der Waals surface area contributed by atoms with Crippen molar-refractivity contribution in [2.75, 3.05) is 18.5 Å². The molecule has 2 rings (SSSR count). The number of allylic oxidation sites excluding steroid dienone is 1. The lowest BCUT2D eigenvalue weighted by atomic mass is 10.3. The number of nitrogens with zero attached hydrogens (tertiary/aromatic N) is 3. The molecule has 0 aliphatic carbocycles. The van der Waals surface area contributed by atoms with Crippen molar-refractivity contribution in [1.29, 1.82) is 0 Å². The molecule has 1 aromatic rings. The van der Waals surface area contributed by atoms with Crippen LogP contribution in [0.15, 0.2) is 6.08 Å². The Labute approximate surface area is 84.1 Å². The van der Waals surface area contributed by atoms with Gasteiger partial charge in [0.25, 0.3) is 0 Å². The normalized spacial score (nSPS) is 14.8. The first-order valence-electron chi connectivity index (χ1n) is 4.69. The Morgan fingerprint density at radius 2 is 2.29 bits per heavy atom. The van der Waals surface area contributed by atoms with Crippen LogP contribution in [0.25, 0.3) is 6.08 Å². The van der Waals surface area contributed by atoms with Crippen LogP contribution in [0.4, 0.5) is 5.95 Å². The first kappa shape index (κ1) is 8.89. The SMILES string of the molecule is C#Cc1nc2n(c1/C=C\C)CCN2C. The van der Waals surface area contributed by atoms with E-state index in [0.29, 0.717) is 0 Å². The zero-order valence-corrected chi connectivity index (χ0v) is 8.49. The van der Waals surface area contributed by atoms with Crippen molar-refractivity contribution < 1.29 is 0 Å². The van der Waals surface area contributed by atoms with Gasteiger partial charge in [0, 0.05) is 20.1 Å². The van der Waals surface area contributed by atoms with Crippen LogP contribution in [0.2, 0.25) is 0 Å². The highest BCUT2D eigenvalue weighted by Gasteiger charge is 2.22. The Balaban J connectivity index is 2.58. The zero-order valence-electron chi connectivity index (χ0n) is 8.49. The molecule has 1 aliphatic heterocycles. The van der Waals surface area contributed by atoms with Crippen molar-refractivity contribution in [3.8, 4) is 12.3 Å². The molecular formula is C11H13N3. The van der Waals surface area contributed by atoms with E-state index < -0.39 is 0 Å². The molecule has 14 heavy (non-hydrogen) atoms. The summed E-state index contributed by atoms with van der Waals surface area (Å²) in [7, 11) is 2.03. The number of rotatable bonds is 1. The third-order valence-corrected chi connectivity index (χ3v) is 2.45. The predicted molar refractivity (Wildman–Crippen MR) is 58.1 cm³/mol. The molecule has 0 saturated heterocycles. The van der Waals surface area contributed by atoms with Crippen LogP contribution in [0.5, 0.6) is 0 Å². The summed E-state index contributed by atoms with van der Waals surface area (Å²) in [6, 6.07) is 0. The quantitative estimate of drug-likeness (QED) is 0.619. The summed E-state index contributed by atoms with van der Waals surface area (Å²) in [5.41, 5.74) is 1.79. The lowest BCUT2D eigenvalue weighted by molar-refractivity contribution is 0.787. The molecule has 3 nitrogen and oxygen atoms in total. The number of hydrogen-bond donors (Lipinski definition) is 0. The van der Waals surface area contributed by atoms with Crippen molar-refractivity contribution in [2.45, 2.75) is 13.5 Å². The Morgan fingerprint density at radius 3 is 2.93 bits per heavy atom. The van der Waals surface area contributed by atoms with Gasteiger partial charge in [0.1, 0.15) is 5.69 Å². The fourth-order valence-corrected chi connectivity index (χ4v) is 1.75. The molecule has 0 saturated carbocycles. The Kier molecular flexibility index (Phi) is 2.05. The predicted octanol–water partition coefficient (Wildman–Crippen LogP) is 1.35.